The van der Waals surface area contributed by atoms with Crippen LogP contribution in [-0.4, -0.2) is 25.5 Å². The molecule has 166 valence electrons. The Hall–Kier alpha value is -4.28. The first-order chi connectivity index (χ1) is 15.1. The van der Waals surface area contributed by atoms with Crippen molar-refractivity contribution in [1.29, 1.82) is 0 Å². The lowest BCUT2D eigenvalue weighted by atomic mass is 10.1. The molecule has 11 heteroatoms. The molecule has 0 aliphatic heterocycles. The van der Waals surface area contributed by atoms with Gasteiger partial charge in [-0.3, -0.25) is 29.7 Å². The molecular weight excluding hydrogens is 418 g/mol. The van der Waals surface area contributed by atoms with Gasteiger partial charge in [-0.2, -0.15) is 5.10 Å². The SMILES string of the molecule is Cc1ccc(C)c(Oc2cc(NC(=O)C(C)Cn3cc([N+](=O)[O-])cn3)cc([N+](=O)[O-])c2)c1. The van der Waals surface area contributed by atoms with Crippen molar-refractivity contribution in [2.75, 3.05) is 5.32 Å². The average Bonchev–Trinajstić information content (AvgIpc) is 3.19. The summed E-state index contributed by atoms with van der Waals surface area (Å²) >= 11 is 0. The monoisotopic (exact) mass is 439 g/mol. The van der Waals surface area contributed by atoms with Gasteiger partial charge in [0.25, 0.3) is 5.69 Å². The van der Waals surface area contributed by atoms with Gasteiger partial charge in [-0.1, -0.05) is 19.1 Å². The maximum absolute atomic E-state index is 12.6. The standard InChI is InChI=1S/C21H21N5O6/c1-13-4-5-14(2)20(6-13)32-19-8-16(7-17(9-19)25(28)29)23-21(27)15(3)11-24-12-18(10-22-24)26(30)31/h4-10,12,15H,11H2,1-3H3,(H,23,27). The first kappa shape index (κ1) is 22.4. The molecule has 0 radical (unpaired) electrons. The fraction of sp³-hybridized carbons (Fsp3) is 0.238. The van der Waals surface area contributed by atoms with Crippen molar-refractivity contribution in [2.24, 2.45) is 5.92 Å². The molecule has 0 saturated heterocycles. The minimum atomic E-state index is -0.614. The first-order valence-corrected chi connectivity index (χ1v) is 9.64. The number of aryl methyl sites for hydroxylation is 2. The van der Waals surface area contributed by atoms with Crippen LogP contribution in [0.5, 0.6) is 11.5 Å². The Balaban J connectivity index is 1.78. The second-order valence-electron chi connectivity index (χ2n) is 7.41. The van der Waals surface area contributed by atoms with E-state index in [2.05, 4.69) is 10.4 Å². The molecule has 1 amide bonds. The summed E-state index contributed by atoms with van der Waals surface area (Å²) < 4.78 is 7.15. The molecule has 0 fully saturated rings. The Kier molecular flexibility index (Phi) is 6.47. The number of hydrogen-bond donors (Lipinski definition) is 1. The van der Waals surface area contributed by atoms with Crippen molar-refractivity contribution in [2.45, 2.75) is 27.3 Å². The highest BCUT2D eigenvalue weighted by Crippen LogP contribution is 2.32. The van der Waals surface area contributed by atoms with Gasteiger partial charge in [0, 0.05) is 12.1 Å². The van der Waals surface area contributed by atoms with Gasteiger partial charge in [0.1, 0.15) is 23.9 Å². The van der Waals surface area contributed by atoms with E-state index in [1.807, 2.05) is 32.0 Å². The van der Waals surface area contributed by atoms with Crippen LogP contribution in [0.15, 0.2) is 48.8 Å². The van der Waals surface area contributed by atoms with E-state index in [0.717, 1.165) is 17.3 Å². The number of rotatable bonds is 8. The number of nitrogens with zero attached hydrogens (tertiary/aromatic N) is 4. The summed E-state index contributed by atoms with van der Waals surface area (Å²) in [5.74, 6) is -0.284. The third-order valence-electron chi connectivity index (χ3n) is 4.68. The lowest BCUT2D eigenvalue weighted by Crippen LogP contribution is -2.24. The summed E-state index contributed by atoms with van der Waals surface area (Å²) in [7, 11) is 0. The highest BCUT2D eigenvalue weighted by Gasteiger charge is 2.19. The Morgan fingerprint density at radius 3 is 2.50 bits per heavy atom. The summed E-state index contributed by atoms with van der Waals surface area (Å²) in [5, 5.41) is 28.6. The summed E-state index contributed by atoms with van der Waals surface area (Å²) in [4.78, 5) is 33.6. The molecule has 0 saturated carbocycles. The van der Waals surface area contributed by atoms with E-state index < -0.39 is 21.7 Å². The van der Waals surface area contributed by atoms with Crippen molar-refractivity contribution in [3.8, 4) is 11.5 Å². The number of carbonyl (C=O) groups excluding carboxylic acids is 1. The Morgan fingerprint density at radius 2 is 1.84 bits per heavy atom. The second kappa shape index (κ2) is 9.25. The molecule has 11 nitrogen and oxygen atoms in total. The largest absolute Gasteiger partial charge is 0.457 e. The van der Waals surface area contributed by atoms with Gasteiger partial charge in [0.05, 0.1) is 34.1 Å². The van der Waals surface area contributed by atoms with E-state index in [-0.39, 0.29) is 29.4 Å². The average molecular weight is 439 g/mol. The number of aromatic nitrogens is 2. The molecule has 32 heavy (non-hydrogen) atoms. The number of non-ortho nitro benzene ring substituents is 1. The molecule has 3 rings (SSSR count). The van der Waals surface area contributed by atoms with Crippen molar-refractivity contribution in [3.05, 3.63) is 80.1 Å². The molecule has 0 aliphatic carbocycles. The number of anilines is 1. The molecule has 0 aliphatic rings. The van der Waals surface area contributed by atoms with Crippen molar-refractivity contribution >= 4 is 23.0 Å². The molecular formula is C21H21N5O6. The summed E-state index contributed by atoms with van der Waals surface area (Å²) in [5.41, 5.74) is 1.61. The zero-order valence-electron chi connectivity index (χ0n) is 17.6. The third-order valence-corrected chi connectivity index (χ3v) is 4.68. The van der Waals surface area contributed by atoms with Crippen molar-refractivity contribution in [3.63, 3.8) is 0 Å². The first-order valence-electron chi connectivity index (χ1n) is 9.64. The minimum Gasteiger partial charge on any atom is -0.457 e. The van der Waals surface area contributed by atoms with Crippen molar-refractivity contribution in [1.82, 2.24) is 9.78 Å². The van der Waals surface area contributed by atoms with Crippen LogP contribution in [0, 0.1) is 40.0 Å². The molecule has 1 N–H and O–H groups in total. The van der Waals surface area contributed by atoms with E-state index >= 15 is 0 Å². The number of amides is 1. The van der Waals surface area contributed by atoms with Gasteiger partial charge in [0.15, 0.2) is 0 Å². The molecule has 1 heterocycles. The van der Waals surface area contributed by atoms with Gasteiger partial charge < -0.3 is 10.1 Å². The third kappa shape index (κ3) is 5.45. The van der Waals surface area contributed by atoms with E-state index in [9.17, 15) is 25.0 Å². The normalized spacial score (nSPS) is 11.6. The molecule has 1 unspecified atom stereocenters. The second-order valence-corrected chi connectivity index (χ2v) is 7.41. The topological polar surface area (TPSA) is 142 Å². The molecule has 1 atom stereocenters. The van der Waals surface area contributed by atoms with E-state index in [4.69, 9.17) is 4.74 Å². The summed E-state index contributed by atoms with van der Waals surface area (Å²) in [6, 6.07) is 9.64. The fourth-order valence-electron chi connectivity index (χ4n) is 2.94. The van der Waals surface area contributed by atoms with Gasteiger partial charge in [0.2, 0.25) is 5.91 Å². The smallest absolute Gasteiger partial charge is 0.306 e. The number of hydrogen-bond acceptors (Lipinski definition) is 7. The van der Waals surface area contributed by atoms with Crippen LogP contribution in [0.25, 0.3) is 0 Å². The van der Waals surface area contributed by atoms with Crippen LogP contribution in [0.3, 0.4) is 0 Å². The predicted molar refractivity (Wildman–Crippen MR) is 116 cm³/mol. The van der Waals surface area contributed by atoms with Gasteiger partial charge in [-0.15, -0.1) is 0 Å². The molecule has 0 bridgehead atoms. The van der Waals surface area contributed by atoms with E-state index in [0.29, 0.717) is 5.75 Å². The van der Waals surface area contributed by atoms with Crippen LogP contribution < -0.4 is 10.1 Å². The maximum atomic E-state index is 12.6. The molecule has 0 spiro atoms. The summed E-state index contributed by atoms with van der Waals surface area (Å²) in [6.07, 6.45) is 2.33. The Labute approximate surface area is 182 Å². The zero-order valence-corrected chi connectivity index (χ0v) is 17.6. The Morgan fingerprint density at radius 1 is 1.12 bits per heavy atom. The number of benzene rings is 2. The van der Waals surface area contributed by atoms with Crippen LogP contribution in [0.4, 0.5) is 17.1 Å². The summed E-state index contributed by atoms with van der Waals surface area (Å²) in [6.45, 7) is 5.48. The lowest BCUT2D eigenvalue weighted by molar-refractivity contribution is -0.385. The number of carbonyl (C=O) groups is 1. The van der Waals surface area contributed by atoms with E-state index in [1.165, 1.54) is 29.1 Å². The van der Waals surface area contributed by atoms with Gasteiger partial charge >= 0.3 is 5.69 Å². The molecule has 1 aromatic heterocycles. The van der Waals surface area contributed by atoms with Crippen LogP contribution >= 0.6 is 0 Å². The minimum absolute atomic E-state index is 0.0977. The fourth-order valence-corrected chi connectivity index (χ4v) is 2.94. The van der Waals surface area contributed by atoms with E-state index in [1.54, 1.807) is 6.92 Å². The maximum Gasteiger partial charge on any atom is 0.306 e. The lowest BCUT2D eigenvalue weighted by Gasteiger charge is -2.14. The van der Waals surface area contributed by atoms with Crippen molar-refractivity contribution < 1.29 is 19.4 Å². The zero-order chi connectivity index (χ0) is 23.4. The molecule has 2 aromatic carbocycles. The number of ether oxygens (including phenoxy) is 1. The quantitative estimate of drug-likeness (QED) is 0.405. The number of nitro groups is 2. The predicted octanol–water partition coefficient (Wildman–Crippen LogP) is 4.38. The van der Waals surface area contributed by atoms with Crippen LogP contribution in [0.2, 0.25) is 0 Å². The number of nitrogens with one attached hydrogen (secondary N) is 1. The Bertz CT molecular complexity index is 1190. The highest BCUT2D eigenvalue weighted by molar-refractivity contribution is 5.92. The van der Waals surface area contributed by atoms with Crippen LogP contribution in [0.1, 0.15) is 18.1 Å². The number of nitro benzene ring substituents is 1. The van der Waals surface area contributed by atoms with Gasteiger partial charge in [-0.05, 0) is 31.0 Å². The highest BCUT2D eigenvalue weighted by atomic mass is 16.6. The van der Waals surface area contributed by atoms with Crippen LogP contribution in [-0.2, 0) is 11.3 Å². The van der Waals surface area contributed by atoms with Gasteiger partial charge in [-0.25, -0.2) is 0 Å². The molecule has 3 aromatic rings.